The molecule has 2 rings (SSSR count). The second-order valence-electron chi connectivity index (χ2n) is 7.69. The van der Waals surface area contributed by atoms with Gasteiger partial charge in [0.2, 0.25) is 21.8 Å². The molecule has 33 heavy (non-hydrogen) atoms. The van der Waals surface area contributed by atoms with E-state index >= 15 is 0 Å². The number of amides is 2. The second-order valence-corrected chi connectivity index (χ2v) is 10.0. The quantitative estimate of drug-likeness (QED) is 0.481. The fourth-order valence-electron chi connectivity index (χ4n) is 3.15. The Morgan fingerprint density at radius 2 is 1.76 bits per heavy atom. The van der Waals surface area contributed by atoms with Crippen molar-refractivity contribution in [3.8, 4) is 0 Å². The molecule has 0 bridgehead atoms. The number of carbonyl (C=O) groups excluding carboxylic acids is 2. The minimum absolute atomic E-state index is 0.00159. The predicted octanol–water partition coefficient (Wildman–Crippen LogP) is 3.58. The molecule has 0 fully saturated rings. The number of unbranched alkanes of at least 4 members (excludes halogenated alkanes) is 1. The third-order valence-corrected chi connectivity index (χ3v) is 6.51. The fraction of sp³-hybridized carbons (Fsp3) is 0.391. The van der Waals surface area contributed by atoms with Crippen LogP contribution >= 0.6 is 11.6 Å². The van der Waals surface area contributed by atoms with Crippen molar-refractivity contribution in [3.05, 3.63) is 64.9 Å². The number of rotatable bonds is 11. The molecule has 2 amide bonds. The molecule has 180 valence electrons. The molecule has 10 heteroatoms. The summed E-state index contributed by atoms with van der Waals surface area (Å²) in [6.45, 7) is 3.49. The highest BCUT2D eigenvalue weighted by molar-refractivity contribution is 7.92. The number of halogens is 2. The number of sulfonamides is 1. The van der Waals surface area contributed by atoms with Crippen molar-refractivity contribution in [2.45, 2.75) is 39.3 Å². The highest BCUT2D eigenvalue weighted by atomic mass is 35.5. The largest absolute Gasteiger partial charge is 0.354 e. The molecular weight excluding hydrogens is 469 g/mol. The summed E-state index contributed by atoms with van der Waals surface area (Å²) in [5.74, 6) is -1.38. The standard InChI is InChI=1S/C23H29ClFN3O4S/c1-4-5-14-26-23(30)17(2)27(15-18-10-12-19(25)13-11-18)22(29)16-28(33(3,31)32)21-9-7-6-8-20(21)24/h6-13,17H,4-5,14-16H2,1-3H3,(H,26,30). The molecule has 0 aliphatic carbocycles. The molecule has 0 radical (unpaired) electrons. The molecule has 0 aromatic heterocycles. The summed E-state index contributed by atoms with van der Waals surface area (Å²) < 4.78 is 39.2. The molecule has 0 saturated carbocycles. The molecule has 0 aliphatic heterocycles. The van der Waals surface area contributed by atoms with E-state index in [2.05, 4.69) is 5.32 Å². The first-order chi connectivity index (χ1) is 15.5. The number of para-hydroxylation sites is 1. The molecule has 1 unspecified atom stereocenters. The van der Waals surface area contributed by atoms with Crippen LogP contribution in [0.3, 0.4) is 0 Å². The van der Waals surface area contributed by atoms with Gasteiger partial charge in [-0.3, -0.25) is 13.9 Å². The van der Waals surface area contributed by atoms with E-state index in [4.69, 9.17) is 11.6 Å². The van der Waals surface area contributed by atoms with Gasteiger partial charge in [0.05, 0.1) is 17.0 Å². The van der Waals surface area contributed by atoms with Crippen molar-refractivity contribution in [1.82, 2.24) is 10.2 Å². The van der Waals surface area contributed by atoms with Gasteiger partial charge in [-0.25, -0.2) is 12.8 Å². The molecule has 0 heterocycles. The molecule has 0 saturated heterocycles. The lowest BCUT2D eigenvalue weighted by atomic mass is 10.1. The summed E-state index contributed by atoms with van der Waals surface area (Å²) in [4.78, 5) is 27.3. The summed E-state index contributed by atoms with van der Waals surface area (Å²) in [6.07, 6.45) is 2.67. The molecule has 2 aromatic carbocycles. The van der Waals surface area contributed by atoms with E-state index in [0.29, 0.717) is 12.1 Å². The van der Waals surface area contributed by atoms with E-state index in [9.17, 15) is 22.4 Å². The number of hydrogen-bond acceptors (Lipinski definition) is 4. The van der Waals surface area contributed by atoms with Crippen LogP contribution in [0.4, 0.5) is 10.1 Å². The zero-order valence-corrected chi connectivity index (χ0v) is 20.5. The summed E-state index contributed by atoms with van der Waals surface area (Å²) in [6, 6.07) is 11.0. The number of anilines is 1. The normalized spacial score (nSPS) is 12.2. The van der Waals surface area contributed by atoms with Gasteiger partial charge >= 0.3 is 0 Å². The molecule has 1 N–H and O–H groups in total. The van der Waals surface area contributed by atoms with E-state index in [1.54, 1.807) is 19.1 Å². The van der Waals surface area contributed by atoms with Crippen LogP contribution in [-0.4, -0.2) is 50.5 Å². The third-order valence-electron chi connectivity index (χ3n) is 5.06. The maximum atomic E-state index is 13.4. The van der Waals surface area contributed by atoms with Crippen molar-refractivity contribution < 1.29 is 22.4 Å². The van der Waals surface area contributed by atoms with Crippen LogP contribution in [0, 0.1) is 5.82 Å². The van der Waals surface area contributed by atoms with Gasteiger partial charge in [-0.1, -0.05) is 49.2 Å². The van der Waals surface area contributed by atoms with Crippen molar-refractivity contribution in [2.75, 3.05) is 23.7 Å². The van der Waals surface area contributed by atoms with Gasteiger partial charge in [0.25, 0.3) is 0 Å². The second kappa shape index (κ2) is 12.0. The van der Waals surface area contributed by atoms with Gasteiger partial charge in [-0.15, -0.1) is 0 Å². The van der Waals surface area contributed by atoms with Gasteiger partial charge in [0.15, 0.2) is 0 Å². The van der Waals surface area contributed by atoms with Crippen molar-refractivity contribution in [2.24, 2.45) is 0 Å². The van der Waals surface area contributed by atoms with E-state index in [1.165, 1.54) is 41.3 Å². The van der Waals surface area contributed by atoms with Gasteiger partial charge in [0, 0.05) is 13.1 Å². The molecule has 0 aliphatic rings. The van der Waals surface area contributed by atoms with Crippen LogP contribution in [0.2, 0.25) is 5.02 Å². The van der Waals surface area contributed by atoms with E-state index in [-0.39, 0.29) is 23.2 Å². The average Bonchev–Trinajstić information content (AvgIpc) is 2.76. The minimum Gasteiger partial charge on any atom is -0.354 e. The highest BCUT2D eigenvalue weighted by Gasteiger charge is 2.30. The smallest absolute Gasteiger partial charge is 0.244 e. The lowest BCUT2D eigenvalue weighted by Crippen LogP contribution is -2.51. The van der Waals surface area contributed by atoms with Gasteiger partial charge < -0.3 is 10.2 Å². The monoisotopic (exact) mass is 497 g/mol. The van der Waals surface area contributed by atoms with E-state index in [0.717, 1.165) is 23.4 Å². The van der Waals surface area contributed by atoms with Gasteiger partial charge in [0.1, 0.15) is 18.4 Å². The number of nitrogens with one attached hydrogen (secondary N) is 1. The van der Waals surface area contributed by atoms with Crippen LogP contribution in [0.5, 0.6) is 0 Å². The van der Waals surface area contributed by atoms with Crippen LogP contribution in [0.1, 0.15) is 32.3 Å². The fourth-order valence-corrected chi connectivity index (χ4v) is 4.30. The van der Waals surface area contributed by atoms with Crippen molar-refractivity contribution in [3.63, 3.8) is 0 Å². The first kappa shape index (κ1) is 26.6. The zero-order chi connectivity index (χ0) is 24.6. The van der Waals surface area contributed by atoms with Gasteiger partial charge in [-0.05, 0) is 43.2 Å². The Bertz CT molecular complexity index is 1060. The lowest BCUT2D eigenvalue weighted by Gasteiger charge is -2.31. The maximum Gasteiger partial charge on any atom is 0.244 e. The Morgan fingerprint density at radius 3 is 2.33 bits per heavy atom. The molecule has 7 nitrogen and oxygen atoms in total. The Hall–Kier alpha value is -2.65. The number of nitrogens with zero attached hydrogens (tertiary/aromatic N) is 2. The molecule has 0 spiro atoms. The van der Waals surface area contributed by atoms with Crippen LogP contribution in [0.25, 0.3) is 0 Å². The third kappa shape index (κ3) is 7.71. The Morgan fingerprint density at radius 1 is 1.12 bits per heavy atom. The van der Waals surface area contributed by atoms with Crippen molar-refractivity contribution >= 4 is 39.1 Å². The van der Waals surface area contributed by atoms with Crippen LogP contribution in [0.15, 0.2) is 48.5 Å². The van der Waals surface area contributed by atoms with Crippen molar-refractivity contribution in [1.29, 1.82) is 0 Å². The minimum atomic E-state index is -3.86. The first-order valence-electron chi connectivity index (χ1n) is 10.6. The van der Waals surface area contributed by atoms with Crippen LogP contribution in [-0.2, 0) is 26.2 Å². The Balaban J connectivity index is 2.34. The number of carbonyl (C=O) groups is 2. The number of hydrogen-bond donors (Lipinski definition) is 1. The highest BCUT2D eigenvalue weighted by Crippen LogP contribution is 2.27. The zero-order valence-electron chi connectivity index (χ0n) is 18.9. The Kier molecular flexibility index (Phi) is 9.67. The summed E-state index contributed by atoms with van der Waals surface area (Å²) in [7, 11) is -3.86. The lowest BCUT2D eigenvalue weighted by molar-refractivity contribution is -0.139. The Labute approximate surface area is 199 Å². The first-order valence-corrected chi connectivity index (χ1v) is 12.8. The summed E-state index contributed by atoms with van der Waals surface area (Å²) >= 11 is 6.19. The summed E-state index contributed by atoms with van der Waals surface area (Å²) in [5.41, 5.74) is 0.762. The molecule has 1 atom stereocenters. The number of benzene rings is 2. The maximum absolute atomic E-state index is 13.4. The molecular formula is C23H29ClFN3O4S. The molecule has 2 aromatic rings. The van der Waals surface area contributed by atoms with E-state index < -0.39 is 34.3 Å². The predicted molar refractivity (Wildman–Crippen MR) is 128 cm³/mol. The van der Waals surface area contributed by atoms with Gasteiger partial charge in [-0.2, -0.15) is 0 Å². The topological polar surface area (TPSA) is 86.8 Å². The average molecular weight is 498 g/mol. The SMILES string of the molecule is CCCCNC(=O)C(C)N(Cc1ccc(F)cc1)C(=O)CN(c1ccccc1Cl)S(C)(=O)=O. The summed E-state index contributed by atoms with van der Waals surface area (Å²) in [5, 5.41) is 2.96. The van der Waals surface area contributed by atoms with Crippen LogP contribution < -0.4 is 9.62 Å². The van der Waals surface area contributed by atoms with E-state index in [1.807, 2.05) is 6.92 Å².